The molecule has 21 heavy (non-hydrogen) atoms. The van der Waals surface area contributed by atoms with E-state index in [4.69, 9.17) is 11.6 Å². The first-order valence-corrected chi connectivity index (χ1v) is 6.97. The van der Waals surface area contributed by atoms with Crippen LogP contribution in [0.25, 0.3) is 0 Å². The summed E-state index contributed by atoms with van der Waals surface area (Å²) in [6.07, 6.45) is 0. The highest BCUT2D eigenvalue weighted by Gasteiger charge is 2.12. The third-order valence-corrected chi connectivity index (χ3v) is 2.82. The number of aromatic nitrogens is 2. The first-order chi connectivity index (χ1) is 9.73. The molecule has 1 heterocycles. The van der Waals surface area contributed by atoms with Gasteiger partial charge in [0.25, 0.3) is 0 Å². The van der Waals surface area contributed by atoms with E-state index in [1.54, 1.807) is 6.07 Å². The van der Waals surface area contributed by atoms with Crippen LogP contribution in [0.1, 0.15) is 26.5 Å². The van der Waals surface area contributed by atoms with E-state index in [-0.39, 0.29) is 10.6 Å². The van der Waals surface area contributed by atoms with E-state index < -0.39 is 5.82 Å². The summed E-state index contributed by atoms with van der Waals surface area (Å²) in [5, 5.41) is 6.37. The van der Waals surface area contributed by atoms with Crippen molar-refractivity contribution in [3.05, 3.63) is 40.8 Å². The molecule has 0 radical (unpaired) electrons. The molecule has 2 aromatic rings. The normalized spacial score (nSPS) is 11.3. The molecule has 0 spiro atoms. The smallest absolute Gasteiger partial charge is 0.229 e. The highest BCUT2D eigenvalue weighted by atomic mass is 35.5. The molecule has 0 unspecified atom stereocenters. The van der Waals surface area contributed by atoms with Crippen molar-refractivity contribution < 1.29 is 4.39 Å². The number of nitrogens with one attached hydrogen (secondary N) is 2. The lowest BCUT2D eigenvalue weighted by Crippen LogP contribution is -2.27. The van der Waals surface area contributed by atoms with Gasteiger partial charge in [0.1, 0.15) is 11.6 Å². The van der Waals surface area contributed by atoms with E-state index in [1.807, 2.05) is 13.0 Å². The summed E-state index contributed by atoms with van der Waals surface area (Å²) >= 11 is 5.76. The highest BCUT2D eigenvalue weighted by molar-refractivity contribution is 6.31. The van der Waals surface area contributed by atoms with Gasteiger partial charge in [0, 0.05) is 23.0 Å². The number of nitrogens with zero attached hydrogens (tertiary/aromatic N) is 2. The minimum absolute atomic E-state index is 0.0562. The van der Waals surface area contributed by atoms with Crippen molar-refractivity contribution >= 4 is 29.1 Å². The number of hydrogen-bond donors (Lipinski definition) is 2. The summed E-state index contributed by atoms with van der Waals surface area (Å²) in [7, 11) is 0. The van der Waals surface area contributed by atoms with Gasteiger partial charge in [-0.25, -0.2) is 9.37 Å². The van der Waals surface area contributed by atoms with Gasteiger partial charge < -0.3 is 10.6 Å². The number of benzene rings is 1. The molecule has 0 bridgehead atoms. The molecular weight excluding hydrogens is 291 g/mol. The molecular formula is C15H18ClFN4. The van der Waals surface area contributed by atoms with Crippen LogP contribution in [0.3, 0.4) is 0 Å². The van der Waals surface area contributed by atoms with Crippen LogP contribution in [0, 0.1) is 12.7 Å². The Balaban J connectivity index is 2.25. The maximum absolute atomic E-state index is 13.2. The van der Waals surface area contributed by atoms with E-state index >= 15 is 0 Å². The molecule has 112 valence electrons. The Bertz CT molecular complexity index is 653. The van der Waals surface area contributed by atoms with Crippen LogP contribution in [0.15, 0.2) is 24.3 Å². The van der Waals surface area contributed by atoms with Crippen LogP contribution in [0.2, 0.25) is 5.02 Å². The Morgan fingerprint density at radius 3 is 2.48 bits per heavy atom. The molecule has 6 heteroatoms. The summed E-state index contributed by atoms with van der Waals surface area (Å²) in [4.78, 5) is 8.71. The van der Waals surface area contributed by atoms with Gasteiger partial charge in [0.2, 0.25) is 5.95 Å². The van der Waals surface area contributed by atoms with Gasteiger partial charge in [0.05, 0.1) is 5.02 Å². The molecule has 0 fully saturated rings. The molecule has 0 saturated carbocycles. The Hall–Kier alpha value is -1.88. The predicted molar refractivity (Wildman–Crippen MR) is 84.8 cm³/mol. The summed E-state index contributed by atoms with van der Waals surface area (Å²) in [6, 6.07) is 6.26. The third kappa shape index (κ3) is 4.56. The molecule has 2 N–H and O–H groups in total. The zero-order valence-electron chi connectivity index (χ0n) is 12.5. The van der Waals surface area contributed by atoms with Crippen LogP contribution in [0.4, 0.5) is 21.8 Å². The van der Waals surface area contributed by atoms with Crippen LogP contribution >= 0.6 is 11.6 Å². The van der Waals surface area contributed by atoms with E-state index in [9.17, 15) is 4.39 Å². The van der Waals surface area contributed by atoms with Crippen molar-refractivity contribution in [2.24, 2.45) is 0 Å². The Morgan fingerprint density at radius 1 is 1.14 bits per heavy atom. The van der Waals surface area contributed by atoms with E-state index in [1.165, 1.54) is 12.1 Å². The first-order valence-electron chi connectivity index (χ1n) is 6.59. The van der Waals surface area contributed by atoms with Gasteiger partial charge in [-0.05, 0) is 45.9 Å². The molecule has 0 atom stereocenters. The summed E-state index contributed by atoms with van der Waals surface area (Å²) in [6.45, 7) is 8.05. The average Bonchev–Trinajstić information content (AvgIpc) is 2.31. The first kappa shape index (κ1) is 15.5. The SMILES string of the molecule is Cc1cc(NC(C)(C)C)nc(Nc2ccc(F)c(Cl)c2)n1. The van der Waals surface area contributed by atoms with Gasteiger partial charge in [-0.1, -0.05) is 11.6 Å². The van der Waals surface area contributed by atoms with Crippen molar-refractivity contribution in [3.63, 3.8) is 0 Å². The van der Waals surface area contributed by atoms with Crippen LogP contribution in [0.5, 0.6) is 0 Å². The van der Waals surface area contributed by atoms with Crippen LogP contribution in [-0.2, 0) is 0 Å². The van der Waals surface area contributed by atoms with Gasteiger partial charge in [-0.2, -0.15) is 4.98 Å². The van der Waals surface area contributed by atoms with Gasteiger partial charge in [-0.3, -0.25) is 0 Å². The zero-order valence-corrected chi connectivity index (χ0v) is 13.2. The van der Waals surface area contributed by atoms with Crippen LogP contribution in [-0.4, -0.2) is 15.5 Å². The van der Waals surface area contributed by atoms with Crippen molar-refractivity contribution in [2.45, 2.75) is 33.2 Å². The van der Waals surface area contributed by atoms with E-state index in [0.717, 1.165) is 11.5 Å². The second kappa shape index (κ2) is 5.85. The fourth-order valence-electron chi connectivity index (χ4n) is 1.78. The molecule has 0 aliphatic heterocycles. The topological polar surface area (TPSA) is 49.8 Å². The largest absolute Gasteiger partial charge is 0.365 e. The van der Waals surface area contributed by atoms with Crippen molar-refractivity contribution in [1.29, 1.82) is 0 Å². The summed E-state index contributed by atoms with van der Waals surface area (Å²) in [5.41, 5.74) is 1.36. The standard InChI is InChI=1S/C15H18ClFN4/c1-9-7-13(21-15(2,3)4)20-14(18-9)19-10-5-6-12(17)11(16)8-10/h5-8H,1-4H3,(H2,18,19,20,21). The molecule has 0 aliphatic rings. The Labute approximate surface area is 128 Å². The minimum Gasteiger partial charge on any atom is -0.365 e. The Kier molecular flexibility index (Phi) is 4.32. The summed E-state index contributed by atoms with van der Waals surface area (Å²) < 4.78 is 13.2. The van der Waals surface area contributed by atoms with Gasteiger partial charge in [-0.15, -0.1) is 0 Å². The zero-order chi connectivity index (χ0) is 15.6. The van der Waals surface area contributed by atoms with Crippen molar-refractivity contribution in [3.8, 4) is 0 Å². The molecule has 0 saturated heterocycles. The van der Waals surface area contributed by atoms with Gasteiger partial charge in [0.15, 0.2) is 0 Å². The fraction of sp³-hybridized carbons (Fsp3) is 0.333. The average molecular weight is 309 g/mol. The highest BCUT2D eigenvalue weighted by Crippen LogP contribution is 2.22. The monoisotopic (exact) mass is 308 g/mol. The van der Waals surface area contributed by atoms with Crippen molar-refractivity contribution in [1.82, 2.24) is 9.97 Å². The molecule has 0 aliphatic carbocycles. The predicted octanol–water partition coefficient (Wildman–Crippen LogP) is 4.53. The second-order valence-corrected chi connectivity index (χ2v) is 6.25. The lowest BCUT2D eigenvalue weighted by Gasteiger charge is -2.21. The van der Waals surface area contributed by atoms with E-state index in [2.05, 4.69) is 41.4 Å². The third-order valence-electron chi connectivity index (χ3n) is 2.53. The number of aryl methyl sites for hydroxylation is 1. The molecule has 1 aromatic carbocycles. The number of halogens is 2. The number of hydrogen-bond acceptors (Lipinski definition) is 4. The lowest BCUT2D eigenvalue weighted by atomic mass is 10.1. The quantitative estimate of drug-likeness (QED) is 0.874. The minimum atomic E-state index is -0.456. The molecule has 1 aromatic heterocycles. The number of anilines is 3. The molecule has 2 rings (SSSR count). The fourth-order valence-corrected chi connectivity index (χ4v) is 1.96. The van der Waals surface area contributed by atoms with E-state index in [0.29, 0.717) is 11.6 Å². The molecule has 4 nitrogen and oxygen atoms in total. The van der Waals surface area contributed by atoms with Crippen molar-refractivity contribution in [2.75, 3.05) is 10.6 Å². The van der Waals surface area contributed by atoms with Crippen LogP contribution < -0.4 is 10.6 Å². The lowest BCUT2D eigenvalue weighted by molar-refractivity contribution is 0.628. The number of rotatable bonds is 3. The second-order valence-electron chi connectivity index (χ2n) is 5.85. The van der Waals surface area contributed by atoms with Gasteiger partial charge >= 0.3 is 0 Å². The maximum atomic E-state index is 13.2. The maximum Gasteiger partial charge on any atom is 0.229 e. The molecule has 0 amide bonds. The summed E-state index contributed by atoms with van der Waals surface area (Å²) in [5.74, 6) is 0.706. The Morgan fingerprint density at radius 2 is 1.86 bits per heavy atom.